The number of hydrogen-bond acceptors (Lipinski definition) is 4. The maximum atomic E-state index is 13.0. The molecule has 0 spiro atoms. The summed E-state index contributed by atoms with van der Waals surface area (Å²) in [4.78, 5) is 27.0. The minimum Gasteiger partial charge on any atom is -0.484 e. The molecule has 1 aromatic heterocycles. The summed E-state index contributed by atoms with van der Waals surface area (Å²) in [5.74, 6) is -1.45. The Bertz CT molecular complexity index is 1290. The van der Waals surface area contributed by atoms with Crippen molar-refractivity contribution in [2.45, 2.75) is 44.6 Å². The number of benzene rings is 2. The average molecular weight is 554 g/mol. The highest BCUT2D eigenvalue weighted by Crippen LogP contribution is 2.34. The van der Waals surface area contributed by atoms with Crippen LogP contribution in [0.3, 0.4) is 0 Å². The van der Waals surface area contributed by atoms with Gasteiger partial charge in [-0.2, -0.15) is 26.3 Å². The lowest BCUT2D eigenvalue weighted by Crippen LogP contribution is -2.26. The van der Waals surface area contributed by atoms with Crippen LogP contribution in [0.1, 0.15) is 52.4 Å². The van der Waals surface area contributed by atoms with Crippen molar-refractivity contribution in [3.8, 4) is 17.0 Å². The molecule has 2 aromatic carbocycles. The summed E-state index contributed by atoms with van der Waals surface area (Å²) in [5, 5.41) is 11.1. The van der Waals surface area contributed by atoms with E-state index in [4.69, 9.17) is 9.84 Å². The van der Waals surface area contributed by atoms with E-state index in [0.29, 0.717) is 22.4 Å². The van der Waals surface area contributed by atoms with Gasteiger partial charge in [0.25, 0.3) is 5.91 Å². The van der Waals surface area contributed by atoms with Gasteiger partial charge in [0.2, 0.25) is 0 Å². The molecule has 0 aliphatic carbocycles. The van der Waals surface area contributed by atoms with Crippen molar-refractivity contribution in [3.05, 3.63) is 83.0 Å². The number of rotatable bonds is 10. The molecule has 1 atom stereocenters. The number of hydrogen-bond donors (Lipinski definition) is 2. The van der Waals surface area contributed by atoms with E-state index in [9.17, 15) is 35.9 Å². The number of pyridine rings is 1. The number of aromatic nitrogens is 1. The van der Waals surface area contributed by atoms with Crippen LogP contribution < -0.4 is 10.1 Å². The lowest BCUT2D eigenvalue weighted by Gasteiger charge is -2.21. The van der Waals surface area contributed by atoms with E-state index in [2.05, 4.69) is 10.3 Å². The fraction of sp³-hybridized carbons (Fsp3) is 0.296. The lowest BCUT2D eigenvalue weighted by molar-refractivity contribution is -0.139. The number of ether oxygens (including phenoxy) is 1. The number of aliphatic carboxylic acids is 1. The Morgan fingerprint density at radius 1 is 1.00 bits per heavy atom. The predicted octanol–water partition coefficient (Wildman–Crippen LogP) is 6.74. The first-order chi connectivity index (χ1) is 18.2. The van der Waals surface area contributed by atoms with E-state index in [-0.39, 0.29) is 24.3 Å². The summed E-state index contributed by atoms with van der Waals surface area (Å²) in [6.45, 7) is 1.57. The number of aryl methyl sites for hydroxylation is 1. The summed E-state index contributed by atoms with van der Waals surface area (Å²) in [5.41, 5.74) is 1.11. The van der Waals surface area contributed by atoms with E-state index >= 15 is 0 Å². The van der Waals surface area contributed by atoms with Gasteiger partial charge in [-0.15, -0.1) is 0 Å². The summed E-state index contributed by atoms with van der Waals surface area (Å²) in [6.07, 6.45) is -10.5. The van der Waals surface area contributed by atoms with E-state index < -0.39 is 48.7 Å². The lowest BCUT2D eigenvalue weighted by atomic mass is 10.0. The second-order valence-corrected chi connectivity index (χ2v) is 8.69. The SMILES string of the molecule is Cc1cc(OC(CCC(F)(F)F)c2ccc(C(=O)NCCC(=O)O)cc2)cnc1-c1ccc(C(F)(F)F)cc1. The van der Waals surface area contributed by atoms with Crippen LogP contribution in [0.15, 0.2) is 60.8 Å². The van der Waals surface area contributed by atoms with Crippen LogP contribution in [0.4, 0.5) is 26.3 Å². The van der Waals surface area contributed by atoms with Gasteiger partial charge >= 0.3 is 18.3 Å². The van der Waals surface area contributed by atoms with Crippen LogP contribution in [-0.4, -0.2) is 34.7 Å². The van der Waals surface area contributed by atoms with Gasteiger partial charge in [0.05, 0.1) is 23.9 Å². The Hall–Kier alpha value is -4.09. The van der Waals surface area contributed by atoms with Crippen LogP contribution in [0.2, 0.25) is 0 Å². The van der Waals surface area contributed by atoms with Crippen molar-refractivity contribution in [1.82, 2.24) is 10.3 Å². The maximum absolute atomic E-state index is 13.0. The molecule has 208 valence electrons. The molecule has 0 aliphatic heterocycles. The minimum absolute atomic E-state index is 0.0813. The van der Waals surface area contributed by atoms with Gasteiger partial charge in [-0.25, -0.2) is 0 Å². The molecule has 0 radical (unpaired) electrons. The number of nitrogens with one attached hydrogen (secondary N) is 1. The highest BCUT2D eigenvalue weighted by Gasteiger charge is 2.31. The molecule has 1 unspecified atom stereocenters. The van der Waals surface area contributed by atoms with Gasteiger partial charge in [-0.3, -0.25) is 14.6 Å². The third kappa shape index (κ3) is 8.72. The minimum atomic E-state index is -4.48. The zero-order valence-corrected chi connectivity index (χ0v) is 20.6. The fourth-order valence-electron chi connectivity index (χ4n) is 3.72. The quantitative estimate of drug-likeness (QED) is 0.271. The molecule has 0 fully saturated rings. The van der Waals surface area contributed by atoms with E-state index in [1.807, 2.05) is 0 Å². The summed E-state index contributed by atoms with van der Waals surface area (Å²) in [6, 6.07) is 11.7. The van der Waals surface area contributed by atoms with Crippen LogP contribution >= 0.6 is 0 Å². The molecule has 0 aliphatic rings. The zero-order valence-electron chi connectivity index (χ0n) is 20.6. The molecule has 0 saturated heterocycles. The molecule has 39 heavy (non-hydrogen) atoms. The predicted molar refractivity (Wildman–Crippen MR) is 129 cm³/mol. The van der Waals surface area contributed by atoms with Crippen LogP contribution in [0.25, 0.3) is 11.3 Å². The van der Waals surface area contributed by atoms with Crippen molar-refractivity contribution in [1.29, 1.82) is 0 Å². The number of carbonyl (C=O) groups excluding carboxylic acids is 1. The van der Waals surface area contributed by atoms with Gasteiger partial charge < -0.3 is 15.2 Å². The first-order valence-electron chi connectivity index (χ1n) is 11.7. The number of halogens is 6. The van der Waals surface area contributed by atoms with Crippen LogP contribution in [-0.2, 0) is 11.0 Å². The Kier molecular flexibility index (Phi) is 9.20. The monoisotopic (exact) mass is 554 g/mol. The Labute approximate surface area is 219 Å². The smallest absolute Gasteiger partial charge is 0.416 e. The van der Waals surface area contributed by atoms with Gasteiger partial charge in [0, 0.05) is 24.1 Å². The molecule has 0 bridgehead atoms. The molecule has 2 N–H and O–H groups in total. The molecular weight excluding hydrogens is 530 g/mol. The third-order valence-electron chi connectivity index (χ3n) is 5.68. The number of amides is 1. The van der Waals surface area contributed by atoms with Crippen LogP contribution in [0.5, 0.6) is 5.75 Å². The number of nitrogens with zero attached hydrogens (tertiary/aromatic N) is 1. The Morgan fingerprint density at radius 2 is 1.64 bits per heavy atom. The normalized spacial score (nSPS) is 12.6. The first-order valence-corrected chi connectivity index (χ1v) is 11.7. The van der Waals surface area contributed by atoms with Crippen LogP contribution in [0, 0.1) is 6.92 Å². The van der Waals surface area contributed by atoms with E-state index in [1.54, 1.807) is 6.92 Å². The first kappa shape index (κ1) is 29.5. The second kappa shape index (κ2) is 12.2. The number of alkyl halides is 6. The Balaban J connectivity index is 1.78. The van der Waals surface area contributed by atoms with Gasteiger partial charge in [0.15, 0.2) is 0 Å². The van der Waals surface area contributed by atoms with Crippen molar-refractivity contribution in [2.24, 2.45) is 0 Å². The number of carbonyl (C=O) groups is 2. The summed E-state index contributed by atoms with van der Waals surface area (Å²) in [7, 11) is 0. The van der Waals surface area contributed by atoms with Gasteiger partial charge in [-0.05, 0) is 54.8 Å². The molecule has 1 heterocycles. The van der Waals surface area contributed by atoms with Crippen molar-refractivity contribution in [3.63, 3.8) is 0 Å². The largest absolute Gasteiger partial charge is 0.484 e. The summed E-state index contributed by atoms with van der Waals surface area (Å²) >= 11 is 0. The number of carboxylic acid groups (broad SMARTS) is 1. The highest BCUT2D eigenvalue weighted by molar-refractivity contribution is 5.94. The van der Waals surface area contributed by atoms with Gasteiger partial charge in [0.1, 0.15) is 11.9 Å². The molecule has 6 nitrogen and oxygen atoms in total. The average Bonchev–Trinajstić information content (AvgIpc) is 2.85. The van der Waals surface area contributed by atoms with Crippen molar-refractivity contribution in [2.75, 3.05) is 6.54 Å². The fourth-order valence-corrected chi connectivity index (χ4v) is 3.72. The Morgan fingerprint density at radius 3 is 2.18 bits per heavy atom. The maximum Gasteiger partial charge on any atom is 0.416 e. The topological polar surface area (TPSA) is 88.5 Å². The van der Waals surface area contributed by atoms with E-state index in [1.165, 1.54) is 48.7 Å². The second-order valence-electron chi connectivity index (χ2n) is 8.69. The molecule has 12 heteroatoms. The molecule has 3 rings (SSSR count). The molecular formula is C27H24F6N2O4. The summed E-state index contributed by atoms with van der Waals surface area (Å²) < 4.78 is 83.4. The molecule has 3 aromatic rings. The van der Waals surface area contributed by atoms with Crippen molar-refractivity contribution >= 4 is 11.9 Å². The standard InChI is InChI=1S/C27H24F6N2O4/c1-16-14-21(15-35-24(16)18-6-8-20(9-7-18)27(31,32)33)39-22(10-12-26(28,29)30)17-2-4-19(5-3-17)25(38)34-13-11-23(36)37/h2-9,14-15,22H,10-13H2,1H3,(H,34,38)(H,36,37). The van der Waals surface area contributed by atoms with E-state index in [0.717, 1.165) is 12.1 Å². The molecule has 0 saturated carbocycles. The zero-order chi connectivity index (χ0) is 28.8. The van der Waals surface area contributed by atoms with Gasteiger partial charge in [-0.1, -0.05) is 24.3 Å². The number of carboxylic acids is 1. The molecule has 1 amide bonds. The van der Waals surface area contributed by atoms with Crippen molar-refractivity contribution < 1.29 is 45.8 Å². The third-order valence-corrected chi connectivity index (χ3v) is 5.68. The highest BCUT2D eigenvalue weighted by atomic mass is 19.4.